The van der Waals surface area contributed by atoms with E-state index in [1.165, 1.54) is 0 Å². The second kappa shape index (κ2) is 7.16. The average Bonchev–Trinajstić information content (AvgIpc) is 3.28. The molecule has 2 aromatic rings. The third-order valence-corrected chi connectivity index (χ3v) is 5.56. The van der Waals surface area contributed by atoms with E-state index in [1.807, 2.05) is 44.2 Å². The number of rotatable bonds is 4. The molecule has 0 aliphatic carbocycles. The van der Waals surface area contributed by atoms with Crippen molar-refractivity contribution in [1.82, 2.24) is 4.90 Å². The van der Waals surface area contributed by atoms with Crippen molar-refractivity contribution in [2.24, 2.45) is 0 Å². The molecule has 0 unspecified atom stereocenters. The Morgan fingerprint density at radius 1 is 1.22 bits per heavy atom. The maximum atomic E-state index is 13.0. The van der Waals surface area contributed by atoms with Gasteiger partial charge in [0.15, 0.2) is 0 Å². The Labute approximate surface area is 159 Å². The van der Waals surface area contributed by atoms with Crippen LogP contribution in [0.25, 0.3) is 0 Å². The van der Waals surface area contributed by atoms with Gasteiger partial charge in [0.2, 0.25) is 0 Å². The number of ether oxygens (including phenoxy) is 1. The highest BCUT2D eigenvalue weighted by Gasteiger charge is 2.33. The van der Waals surface area contributed by atoms with E-state index in [2.05, 4.69) is 5.32 Å². The molecule has 1 N–H and O–H groups in total. The minimum absolute atomic E-state index is 0.0767. The molecule has 0 aromatic heterocycles. The van der Waals surface area contributed by atoms with Crippen LogP contribution in [-0.4, -0.2) is 36.0 Å². The summed E-state index contributed by atoms with van der Waals surface area (Å²) in [5.41, 5.74) is 4.80. The maximum absolute atomic E-state index is 13.0. The molecule has 2 aromatic carbocycles. The van der Waals surface area contributed by atoms with Crippen molar-refractivity contribution in [3.63, 3.8) is 0 Å². The lowest BCUT2D eigenvalue weighted by Crippen LogP contribution is -2.32. The first kappa shape index (κ1) is 17.7. The van der Waals surface area contributed by atoms with Crippen LogP contribution in [0, 0.1) is 13.8 Å². The molecule has 0 bridgehead atoms. The standard InChI is InChI=1S/C22H24N2O3/c1-14-6-3-10-19(15(14)2)23-21(25)18-9-4-7-16-12-24(22(26)20(16)18)13-17-8-5-11-27-17/h3-4,6-7,9-10,17H,5,8,11-13H2,1-2H3,(H,23,25)/t17-/m0/s1. The summed E-state index contributed by atoms with van der Waals surface area (Å²) in [5, 5.41) is 2.97. The van der Waals surface area contributed by atoms with E-state index < -0.39 is 0 Å². The highest BCUT2D eigenvalue weighted by molar-refractivity contribution is 6.14. The third-order valence-electron chi connectivity index (χ3n) is 5.56. The van der Waals surface area contributed by atoms with E-state index in [1.54, 1.807) is 11.0 Å². The number of anilines is 1. The van der Waals surface area contributed by atoms with Crippen LogP contribution in [-0.2, 0) is 11.3 Å². The van der Waals surface area contributed by atoms with E-state index in [-0.39, 0.29) is 17.9 Å². The minimum Gasteiger partial charge on any atom is -0.376 e. The smallest absolute Gasteiger partial charge is 0.256 e. The second-order valence-electron chi connectivity index (χ2n) is 7.36. The zero-order chi connectivity index (χ0) is 19.0. The average molecular weight is 364 g/mol. The largest absolute Gasteiger partial charge is 0.376 e. The van der Waals surface area contributed by atoms with Crippen LogP contribution in [0.4, 0.5) is 5.69 Å². The van der Waals surface area contributed by atoms with Crippen molar-refractivity contribution in [2.45, 2.75) is 39.3 Å². The van der Waals surface area contributed by atoms with Gasteiger partial charge in [-0.2, -0.15) is 0 Å². The van der Waals surface area contributed by atoms with Gasteiger partial charge in [-0.05, 0) is 55.5 Å². The molecule has 1 fully saturated rings. The SMILES string of the molecule is Cc1cccc(NC(=O)c2cccc3c2C(=O)N(C[C@@H]2CCCO2)C3)c1C. The number of hydrogen-bond acceptors (Lipinski definition) is 3. The van der Waals surface area contributed by atoms with Gasteiger partial charge in [0, 0.05) is 25.4 Å². The zero-order valence-corrected chi connectivity index (χ0v) is 15.7. The van der Waals surface area contributed by atoms with E-state index in [4.69, 9.17) is 4.74 Å². The molecule has 1 saturated heterocycles. The molecule has 0 spiro atoms. The zero-order valence-electron chi connectivity index (χ0n) is 15.7. The fourth-order valence-electron chi connectivity index (χ4n) is 3.87. The maximum Gasteiger partial charge on any atom is 0.256 e. The first-order valence-electron chi connectivity index (χ1n) is 9.45. The van der Waals surface area contributed by atoms with Gasteiger partial charge >= 0.3 is 0 Å². The molecular weight excluding hydrogens is 340 g/mol. The first-order valence-corrected chi connectivity index (χ1v) is 9.45. The molecule has 27 heavy (non-hydrogen) atoms. The van der Waals surface area contributed by atoms with Gasteiger partial charge < -0.3 is 15.0 Å². The number of nitrogens with one attached hydrogen (secondary N) is 1. The minimum atomic E-state index is -0.243. The number of carbonyl (C=O) groups is 2. The Bertz CT molecular complexity index is 900. The number of carbonyl (C=O) groups excluding carboxylic acids is 2. The Kier molecular flexibility index (Phi) is 4.70. The molecule has 0 saturated carbocycles. The van der Waals surface area contributed by atoms with Crippen LogP contribution in [0.2, 0.25) is 0 Å². The van der Waals surface area contributed by atoms with E-state index in [9.17, 15) is 9.59 Å². The summed E-state index contributed by atoms with van der Waals surface area (Å²) in [6.45, 7) is 5.89. The predicted octanol–water partition coefficient (Wildman–Crippen LogP) is 3.69. The van der Waals surface area contributed by atoms with Crippen LogP contribution in [0.15, 0.2) is 36.4 Å². The summed E-state index contributed by atoms with van der Waals surface area (Å²) in [6, 6.07) is 11.3. The van der Waals surface area contributed by atoms with Crippen LogP contribution in [0.5, 0.6) is 0 Å². The van der Waals surface area contributed by atoms with Gasteiger partial charge in [-0.3, -0.25) is 9.59 Å². The van der Waals surface area contributed by atoms with Crippen LogP contribution in [0.1, 0.15) is 50.2 Å². The van der Waals surface area contributed by atoms with E-state index in [0.717, 1.165) is 41.8 Å². The fraction of sp³-hybridized carbons (Fsp3) is 0.364. The predicted molar refractivity (Wildman–Crippen MR) is 104 cm³/mol. The number of aryl methyl sites for hydroxylation is 1. The summed E-state index contributed by atoms with van der Waals surface area (Å²) in [4.78, 5) is 27.7. The Balaban J connectivity index is 1.57. The Morgan fingerprint density at radius 2 is 2.04 bits per heavy atom. The molecule has 4 rings (SSSR count). The lowest BCUT2D eigenvalue weighted by atomic mass is 10.0. The summed E-state index contributed by atoms with van der Waals surface area (Å²) < 4.78 is 5.67. The van der Waals surface area contributed by atoms with Crippen LogP contribution >= 0.6 is 0 Å². The molecule has 5 heteroatoms. The highest BCUT2D eigenvalue weighted by atomic mass is 16.5. The van der Waals surface area contributed by atoms with Crippen LogP contribution in [0.3, 0.4) is 0 Å². The van der Waals surface area contributed by atoms with Gasteiger partial charge in [0.1, 0.15) is 0 Å². The Morgan fingerprint density at radius 3 is 2.81 bits per heavy atom. The first-order chi connectivity index (χ1) is 13.0. The summed E-state index contributed by atoms with van der Waals surface area (Å²) in [5.74, 6) is -0.319. The van der Waals surface area contributed by atoms with Crippen molar-refractivity contribution >= 4 is 17.5 Å². The third kappa shape index (κ3) is 3.35. The molecular formula is C22H24N2O3. The second-order valence-corrected chi connectivity index (χ2v) is 7.36. The van der Waals surface area contributed by atoms with Crippen molar-refractivity contribution in [2.75, 3.05) is 18.5 Å². The molecule has 1 atom stereocenters. The molecule has 2 amide bonds. The lowest BCUT2D eigenvalue weighted by molar-refractivity contribution is 0.0544. The van der Waals surface area contributed by atoms with Gasteiger partial charge in [0.05, 0.1) is 17.2 Å². The number of amides is 2. The summed E-state index contributed by atoms with van der Waals surface area (Å²) in [6.07, 6.45) is 2.14. The number of fused-ring (bicyclic) bond motifs is 1. The molecule has 2 aliphatic heterocycles. The summed E-state index contributed by atoms with van der Waals surface area (Å²) >= 11 is 0. The topological polar surface area (TPSA) is 58.6 Å². The molecule has 2 aliphatic rings. The fourth-order valence-corrected chi connectivity index (χ4v) is 3.87. The number of nitrogens with zero attached hydrogens (tertiary/aromatic N) is 1. The lowest BCUT2D eigenvalue weighted by Gasteiger charge is -2.19. The highest BCUT2D eigenvalue weighted by Crippen LogP contribution is 2.28. The van der Waals surface area contributed by atoms with Crippen molar-refractivity contribution < 1.29 is 14.3 Å². The quantitative estimate of drug-likeness (QED) is 0.900. The number of benzene rings is 2. The van der Waals surface area contributed by atoms with Crippen LogP contribution < -0.4 is 5.32 Å². The van der Waals surface area contributed by atoms with Gasteiger partial charge in [-0.1, -0.05) is 24.3 Å². The summed E-state index contributed by atoms with van der Waals surface area (Å²) in [7, 11) is 0. The van der Waals surface area contributed by atoms with Gasteiger partial charge in [-0.25, -0.2) is 0 Å². The molecule has 140 valence electrons. The van der Waals surface area contributed by atoms with Crippen molar-refractivity contribution in [3.8, 4) is 0 Å². The van der Waals surface area contributed by atoms with E-state index in [0.29, 0.717) is 24.2 Å². The van der Waals surface area contributed by atoms with Crippen molar-refractivity contribution in [1.29, 1.82) is 0 Å². The van der Waals surface area contributed by atoms with Gasteiger partial charge in [0.25, 0.3) is 11.8 Å². The molecule has 0 radical (unpaired) electrons. The van der Waals surface area contributed by atoms with Crippen molar-refractivity contribution in [3.05, 3.63) is 64.2 Å². The van der Waals surface area contributed by atoms with E-state index >= 15 is 0 Å². The monoisotopic (exact) mass is 364 g/mol. The molecule has 5 nitrogen and oxygen atoms in total. The van der Waals surface area contributed by atoms with Gasteiger partial charge in [-0.15, -0.1) is 0 Å². The normalized spacial score (nSPS) is 18.7. The number of hydrogen-bond donors (Lipinski definition) is 1. The Hall–Kier alpha value is -2.66. The molecule has 2 heterocycles.